The minimum absolute atomic E-state index is 0.000458. The Bertz CT molecular complexity index is 1230. The van der Waals surface area contributed by atoms with Crippen LogP contribution in [0.25, 0.3) is 16.6 Å². The first-order valence-electron chi connectivity index (χ1n) is 11.0. The number of carbonyl (C=O) groups excluding carboxylic acids is 3. The van der Waals surface area contributed by atoms with E-state index in [9.17, 15) is 22.8 Å². The first-order chi connectivity index (χ1) is 17.0. The number of hydrogen-bond acceptors (Lipinski definition) is 5. The van der Waals surface area contributed by atoms with Crippen LogP contribution in [-0.2, 0) is 11.3 Å². The molecule has 10 nitrogen and oxygen atoms in total. The van der Waals surface area contributed by atoms with Crippen molar-refractivity contribution >= 4 is 28.8 Å². The number of aliphatic carboxylic acids is 1. The van der Waals surface area contributed by atoms with Crippen molar-refractivity contribution in [1.82, 2.24) is 20.0 Å². The fourth-order valence-electron chi connectivity index (χ4n) is 3.79. The molecule has 2 heterocycles. The maximum Gasteiger partial charge on any atom is 0.430 e. The van der Waals surface area contributed by atoms with Gasteiger partial charge in [-0.15, -0.1) is 0 Å². The standard InChI is InChI=1S/C21H24N6O2.C2HF3O2/c1-23-21(29)26-11-9-25(10-12-26)13-15-5-7-17(8-6-15)27-14-16-3-2-4-18(20(22)28)19(16)24-27;3-2(4,5)1(6)7/h2-8,14H,9-13H2,1H3,(H2,22,28)(H,23,29);(H,6,7). The number of rotatable bonds is 4. The SMILES string of the molecule is CNC(=O)N1CC[NH+](Cc2ccc(-n3cc4cccc(C(N)=O)c4n3)cc2)CC1.O=C([O-])C(F)(F)F. The number of nitrogens with zero attached hydrogens (tertiary/aromatic N) is 3. The summed E-state index contributed by atoms with van der Waals surface area (Å²) in [6.07, 6.45) is -3.29. The van der Waals surface area contributed by atoms with E-state index in [1.54, 1.807) is 17.8 Å². The molecule has 1 aromatic heterocycles. The first kappa shape index (κ1) is 26.5. The second kappa shape index (κ2) is 11.1. The van der Waals surface area contributed by atoms with E-state index < -0.39 is 18.1 Å². The van der Waals surface area contributed by atoms with Gasteiger partial charge in [0.05, 0.1) is 37.4 Å². The zero-order valence-corrected chi connectivity index (χ0v) is 19.3. The number of nitrogens with one attached hydrogen (secondary N) is 2. The number of quaternary nitrogens is 1. The average Bonchev–Trinajstić information content (AvgIpc) is 3.28. The summed E-state index contributed by atoms with van der Waals surface area (Å²) in [7, 11) is 1.67. The van der Waals surface area contributed by atoms with Gasteiger partial charge in [0.1, 0.15) is 18.0 Å². The summed E-state index contributed by atoms with van der Waals surface area (Å²) in [6, 6.07) is 13.7. The van der Waals surface area contributed by atoms with Crippen LogP contribution in [-0.4, -0.2) is 72.0 Å². The normalized spacial score (nSPS) is 14.2. The predicted octanol–water partition coefficient (Wildman–Crippen LogP) is -0.537. The minimum Gasteiger partial charge on any atom is -0.542 e. The summed E-state index contributed by atoms with van der Waals surface area (Å²) in [5, 5.41) is 16.9. The van der Waals surface area contributed by atoms with Crippen LogP contribution in [0.2, 0.25) is 0 Å². The number of alkyl halides is 3. The zero-order valence-electron chi connectivity index (χ0n) is 19.3. The lowest BCUT2D eigenvalue weighted by Gasteiger charge is -2.31. The van der Waals surface area contributed by atoms with Crippen molar-refractivity contribution in [2.45, 2.75) is 12.7 Å². The van der Waals surface area contributed by atoms with E-state index in [4.69, 9.17) is 15.6 Å². The number of aromatic nitrogens is 2. The third kappa shape index (κ3) is 6.50. The van der Waals surface area contributed by atoms with E-state index in [0.717, 1.165) is 43.8 Å². The second-order valence-electron chi connectivity index (χ2n) is 8.10. The van der Waals surface area contributed by atoms with Crippen LogP contribution >= 0.6 is 0 Å². The predicted molar refractivity (Wildman–Crippen MR) is 121 cm³/mol. The molecule has 0 unspecified atom stereocenters. The van der Waals surface area contributed by atoms with Gasteiger partial charge in [-0.05, 0) is 18.2 Å². The molecule has 1 fully saturated rings. The number of fused-ring (bicyclic) bond motifs is 1. The average molecular weight is 506 g/mol. The third-order valence-corrected chi connectivity index (χ3v) is 5.66. The van der Waals surface area contributed by atoms with E-state index in [0.29, 0.717) is 11.1 Å². The van der Waals surface area contributed by atoms with E-state index in [2.05, 4.69) is 22.5 Å². The van der Waals surface area contributed by atoms with Crippen molar-refractivity contribution in [3.63, 3.8) is 0 Å². The fraction of sp³-hybridized carbons (Fsp3) is 0.304. The second-order valence-corrected chi connectivity index (χ2v) is 8.10. The lowest BCUT2D eigenvalue weighted by Crippen LogP contribution is -3.13. The van der Waals surface area contributed by atoms with Gasteiger partial charge < -0.3 is 30.8 Å². The summed E-state index contributed by atoms with van der Waals surface area (Å²) in [4.78, 5) is 35.4. The minimum atomic E-state index is -5.19. The molecule has 1 aliphatic rings. The van der Waals surface area contributed by atoms with Crippen LogP contribution in [0.4, 0.5) is 18.0 Å². The molecular weight excluding hydrogens is 481 g/mol. The number of hydrogen-bond donors (Lipinski definition) is 3. The van der Waals surface area contributed by atoms with Gasteiger partial charge in [0.2, 0.25) is 0 Å². The molecule has 4 N–H and O–H groups in total. The molecule has 0 spiro atoms. The highest BCUT2D eigenvalue weighted by molar-refractivity contribution is 6.04. The number of halogens is 3. The van der Waals surface area contributed by atoms with Crippen molar-refractivity contribution in [2.24, 2.45) is 5.73 Å². The molecule has 2 aromatic carbocycles. The molecule has 0 radical (unpaired) electrons. The highest BCUT2D eigenvalue weighted by atomic mass is 19.4. The van der Waals surface area contributed by atoms with Gasteiger partial charge in [-0.1, -0.05) is 24.3 Å². The Morgan fingerprint density at radius 3 is 2.25 bits per heavy atom. The molecule has 0 bridgehead atoms. The van der Waals surface area contributed by atoms with Gasteiger partial charge in [-0.2, -0.15) is 18.3 Å². The molecule has 1 saturated heterocycles. The Labute approximate surface area is 204 Å². The summed E-state index contributed by atoms with van der Waals surface area (Å²) in [6.45, 7) is 4.35. The maximum absolute atomic E-state index is 11.7. The molecule has 4 rings (SSSR count). The Hall–Kier alpha value is -4.13. The van der Waals surface area contributed by atoms with E-state index in [1.165, 1.54) is 10.5 Å². The lowest BCUT2D eigenvalue weighted by molar-refractivity contribution is -0.917. The Kier molecular flexibility index (Phi) is 8.14. The van der Waals surface area contributed by atoms with Gasteiger partial charge >= 0.3 is 12.2 Å². The Morgan fingerprint density at radius 2 is 1.72 bits per heavy atom. The smallest absolute Gasteiger partial charge is 0.430 e. The van der Waals surface area contributed by atoms with Gasteiger partial charge in [-0.25, -0.2) is 9.48 Å². The highest BCUT2D eigenvalue weighted by Crippen LogP contribution is 2.19. The first-order valence-corrected chi connectivity index (χ1v) is 11.0. The van der Waals surface area contributed by atoms with Crippen molar-refractivity contribution in [3.05, 3.63) is 59.8 Å². The molecule has 0 atom stereocenters. The van der Waals surface area contributed by atoms with Crippen LogP contribution in [0.15, 0.2) is 48.7 Å². The molecule has 0 saturated carbocycles. The summed E-state index contributed by atoms with van der Waals surface area (Å²) in [5.41, 5.74) is 8.67. The zero-order chi connectivity index (χ0) is 26.5. The lowest BCUT2D eigenvalue weighted by atomic mass is 10.1. The largest absolute Gasteiger partial charge is 0.542 e. The number of nitrogens with two attached hydrogens (primary N) is 1. The molecule has 36 heavy (non-hydrogen) atoms. The molecule has 1 aliphatic heterocycles. The van der Waals surface area contributed by atoms with E-state index in [1.807, 2.05) is 35.4 Å². The third-order valence-electron chi connectivity index (χ3n) is 5.66. The summed E-state index contributed by atoms with van der Waals surface area (Å²) < 4.78 is 33.3. The monoisotopic (exact) mass is 506 g/mol. The van der Waals surface area contributed by atoms with Gasteiger partial charge in [0, 0.05) is 24.2 Å². The molecule has 13 heteroatoms. The van der Waals surface area contributed by atoms with Gasteiger partial charge in [-0.3, -0.25) is 4.79 Å². The van der Waals surface area contributed by atoms with Crippen LogP contribution < -0.4 is 21.1 Å². The van der Waals surface area contributed by atoms with Crippen molar-refractivity contribution in [1.29, 1.82) is 0 Å². The Morgan fingerprint density at radius 1 is 1.11 bits per heavy atom. The quantitative estimate of drug-likeness (QED) is 0.437. The van der Waals surface area contributed by atoms with Gasteiger partial charge in [0.15, 0.2) is 0 Å². The fourth-order valence-corrected chi connectivity index (χ4v) is 3.79. The van der Waals surface area contributed by atoms with Crippen LogP contribution in [0.3, 0.4) is 0 Å². The number of carboxylic acids is 1. The summed E-state index contributed by atoms with van der Waals surface area (Å²) >= 11 is 0. The molecule has 0 aliphatic carbocycles. The summed E-state index contributed by atoms with van der Waals surface area (Å²) in [5.74, 6) is -3.48. The number of amides is 3. The van der Waals surface area contributed by atoms with Crippen LogP contribution in [0.5, 0.6) is 0 Å². The number of piperazine rings is 1. The highest BCUT2D eigenvalue weighted by Gasteiger charge is 2.28. The molecule has 3 amide bonds. The van der Waals surface area contributed by atoms with Crippen LogP contribution in [0.1, 0.15) is 15.9 Å². The van der Waals surface area contributed by atoms with Crippen molar-refractivity contribution in [3.8, 4) is 5.69 Å². The molecule has 3 aromatic rings. The van der Waals surface area contributed by atoms with Crippen LogP contribution in [0, 0.1) is 0 Å². The van der Waals surface area contributed by atoms with E-state index >= 15 is 0 Å². The molecule has 192 valence electrons. The Balaban J connectivity index is 0.000000454. The topological polar surface area (TPSA) is 138 Å². The maximum atomic E-state index is 11.7. The number of carbonyl (C=O) groups is 3. The number of carboxylic acid groups (broad SMARTS) is 1. The number of primary amides is 1. The number of urea groups is 1. The molecular formula is C23H25F3N6O4. The van der Waals surface area contributed by atoms with Crippen molar-refractivity contribution in [2.75, 3.05) is 33.2 Å². The van der Waals surface area contributed by atoms with Crippen molar-refractivity contribution < 1.29 is 37.6 Å². The number of benzene rings is 2. The van der Waals surface area contributed by atoms with Gasteiger partial charge in [0.25, 0.3) is 5.91 Å². The van der Waals surface area contributed by atoms with E-state index in [-0.39, 0.29) is 6.03 Å².